The van der Waals surface area contributed by atoms with Gasteiger partial charge < -0.3 is 14.6 Å². The molecule has 1 N–H and O–H groups in total. The van der Waals surface area contributed by atoms with Gasteiger partial charge in [0.05, 0.1) is 0 Å². The number of carbonyl (C=O) groups is 1. The zero-order valence-corrected chi connectivity index (χ0v) is 18.6. The highest BCUT2D eigenvalue weighted by molar-refractivity contribution is 5.76. The lowest BCUT2D eigenvalue weighted by molar-refractivity contribution is -0.152. The second kappa shape index (κ2) is 10.8. The first-order valence-corrected chi connectivity index (χ1v) is 10.5. The third-order valence-electron chi connectivity index (χ3n) is 4.87. The SMILES string of the molecule is CCCCCCCn1nc(OCc2ccc(OC(C)(C)C(=O)O)cc2)c(=O)n(C)c1=O. The summed E-state index contributed by atoms with van der Waals surface area (Å²) in [7, 11) is 1.41. The molecule has 0 spiro atoms. The number of nitrogens with zero attached hydrogens (tertiary/aromatic N) is 3. The van der Waals surface area contributed by atoms with Crippen molar-refractivity contribution in [1.82, 2.24) is 14.3 Å². The van der Waals surface area contributed by atoms with Crippen molar-refractivity contribution in [3.8, 4) is 11.6 Å². The lowest BCUT2D eigenvalue weighted by atomic mass is 10.1. The minimum absolute atomic E-state index is 0.0690. The number of benzene rings is 1. The zero-order valence-electron chi connectivity index (χ0n) is 18.6. The van der Waals surface area contributed by atoms with Gasteiger partial charge in [0.25, 0.3) is 5.88 Å². The molecule has 2 aromatic rings. The maximum atomic E-state index is 12.3. The Morgan fingerprint density at radius 2 is 1.74 bits per heavy atom. The van der Waals surface area contributed by atoms with Crippen LogP contribution in [0.15, 0.2) is 33.9 Å². The van der Waals surface area contributed by atoms with Crippen molar-refractivity contribution in [3.05, 3.63) is 50.7 Å². The first kappa shape index (κ1) is 24.2. The lowest BCUT2D eigenvalue weighted by Gasteiger charge is -2.21. The van der Waals surface area contributed by atoms with Crippen LogP contribution in [0, 0.1) is 0 Å². The maximum Gasteiger partial charge on any atom is 0.347 e. The Morgan fingerprint density at radius 1 is 1.10 bits per heavy atom. The number of aromatic nitrogens is 3. The fourth-order valence-electron chi connectivity index (χ4n) is 2.84. The van der Waals surface area contributed by atoms with Crippen LogP contribution in [0.25, 0.3) is 0 Å². The molecular weight excluding hydrogens is 402 g/mol. The molecule has 0 fully saturated rings. The third kappa shape index (κ3) is 6.70. The molecule has 170 valence electrons. The van der Waals surface area contributed by atoms with Gasteiger partial charge in [-0.2, -0.15) is 0 Å². The summed E-state index contributed by atoms with van der Waals surface area (Å²) in [6, 6.07) is 6.68. The number of rotatable bonds is 12. The summed E-state index contributed by atoms with van der Waals surface area (Å²) in [6.07, 6.45) is 5.19. The molecule has 0 radical (unpaired) electrons. The molecule has 1 heterocycles. The van der Waals surface area contributed by atoms with E-state index in [0.717, 1.165) is 42.2 Å². The largest absolute Gasteiger partial charge is 0.478 e. The summed E-state index contributed by atoms with van der Waals surface area (Å²) in [5.41, 5.74) is -1.66. The van der Waals surface area contributed by atoms with E-state index in [2.05, 4.69) is 12.0 Å². The molecule has 0 amide bonds. The van der Waals surface area contributed by atoms with Crippen LogP contribution in [0.1, 0.15) is 58.4 Å². The van der Waals surface area contributed by atoms with Crippen molar-refractivity contribution >= 4 is 5.97 Å². The number of carboxylic acid groups (broad SMARTS) is 1. The normalized spacial score (nSPS) is 11.4. The van der Waals surface area contributed by atoms with Crippen molar-refractivity contribution in [1.29, 1.82) is 0 Å². The molecular formula is C22H31N3O6. The van der Waals surface area contributed by atoms with E-state index < -0.39 is 22.8 Å². The summed E-state index contributed by atoms with van der Waals surface area (Å²) in [5.74, 6) is -0.799. The van der Waals surface area contributed by atoms with E-state index >= 15 is 0 Å². The standard InChI is InChI=1S/C22H31N3O6/c1-5-6-7-8-9-14-25-21(29)24(4)19(26)18(23-25)30-15-16-10-12-17(13-11-16)31-22(2,3)20(27)28/h10-13H,5-9,14-15H2,1-4H3,(H,27,28). The minimum atomic E-state index is -1.35. The number of unbranched alkanes of at least 4 members (excludes halogenated alkanes) is 4. The Kier molecular flexibility index (Phi) is 8.41. The summed E-state index contributed by atoms with van der Waals surface area (Å²) in [4.78, 5) is 35.8. The first-order valence-electron chi connectivity index (χ1n) is 10.5. The van der Waals surface area contributed by atoms with Crippen molar-refractivity contribution in [2.24, 2.45) is 7.05 Å². The second-order valence-electron chi connectivity index (χ2n) is 7.94. The smallest absolute Gasteiger partial charge is 0.347 e. The third-order valence-corrected chi connectivity index (χ3v) is 4.87. The summed E-state index contributed by atoms with van der Waals surface area (Å²) < 4.78 is 13.3. The monoisotopic (exact) mass is 433 g/mol. The van der Waals surface area contributed by atoms with E-state index in [1.807, 2.05) is 0 Å². The van der Waals surface area contributed by atoms with Crippen molar-refractivity contribution < 1.29 is 19.4 Å². The van der Waals surface area contributed by atoms with E-state index in [-0.39, 0.29) is 12.5 Å². The first-order chi connectivity index (χ1) is 14.7. The maximum absolute atomic E-state index is 12.3. The molecule has 0 unspecified atom stereocenters. The Balaban J connectivity index is 2.05. The van der Waals surface area contributed by atoms with Crippen molar-refractivity contribution in [3.63, 3.8) is 0 Å². The molecule has 0 aliphatic heterocycles. The number of aryl methyl sites for hydroxylation is 1. The second-order valence-corrected chi connectivity index (χ2v) is 7.94. The molecule has 0 bridgehead atoms. The van der Waals surface area contributed by atoms with E-state index in [4.69, 9.17) is 14.6 Å². The molecule has 0 atom stereocenters. The Hall–Kier alpha value is -3.10. The number of ether oxygens (including phenoxy) is 2. The highest BCUT2D eigenvalue weighted by atomic mass is 16.5. The van der Waals surface area contributed by atoms with Gasteiger partial charge in [-0.05, 0) is 38.0 Å². The summed E-state index contributed by atoms with van der Waals surface area (Å²) >= 11 is 0. The highest BCUT2D eigenvalue weighted by Gasteiger charge is 2.29. The van der Waals surface area contributed by atoms with Crippen LogP contribution in [-0.4, -0.2) is 31.0 Å². The van der Waals surface area contributed by atoms with E-state index in [9.17, 15) is 14.4 Å². The molecule has 0 saturated carbocycles. The van der Waals surface area contributed by atoms with Gasteiger partial charge >= 0.3 is 17.2 Å². The van der Waals surface area contributed by atoms with Gasteiger partial charge in [-0.15, -0.1) is 5.10 Å². The van der Waals surface area contributed by atoms with E-state index in [1.165, 1.54) is 25.6 Å². The Bertz CT molecular complexity index is 992. The molecule has 1 aromatic heterocycles. The predicted octanol–water partition coefficient (Wildman–Crippen LogP) is 2.73. The molecule has 9 heteroatoms. The van der Waals surface area contributed by atoms with E-state index in [1.54, 1.807) is 24.3 Å². The molecule has 0 aliphatic rings. The Morgan fingerprint density at radius 3 is 2.35 bits per heavy atom. The fraction of sp³-hybridized carbons (Fsp3) is 0.545. The van der Waals surface area contributed by atoms with E-state index in [0.29, 0.717) is 12.3 Å². The van der Waals surface area contributed by atoms with Crippen LogP contribution < -0.4 is 20.7 Å². The zero-order chi connectivity index (χ0) is 23.0. The summed E-state index contributed by atoms with van der Waals surface area (Å²) in [6.45, 7) is 5.57. The number of aliphatic carboxylic acids is 1. The highest BCUT2D eigenvalue weighted by Crippen LogP contribution is 2.19. The average molecular weight is 434 g/mol. The summed E-state index contributed by atoms with van der Waals surface area (Å²) in [5, 5.41) is 13.3. The van der Waals surface area contributed by atoms with Gasteiger partial charge in [0, 0.05) is 13.6 Å². The molecule has 9 nitrogen and oxygen atoms in total. The molecule has 0 saturated heterocycles. The molecule has 0 aliphatic carbocycles. The molecule has 1 aromatic carbocycles. The number of hydrogen-bond donors (Lipinski definition) is 1. The average Bonchev–Trinajstić information content (AvgIpc) is 2.73. The van der Waals surface area contributed by atoms with Crippen molar-refractivity contribution in [2.75, 3.05) is 0 Å². The quantitative estimate of drug-likeness (QED) is 0.512. The van der Waals surface area contributed by atoms with Crippen LogP contribution in [0.5, 0.6) is 11.6 Å². The molecule has 2 rings (SSSR count). The number of carboxylic acids is 1. The lowest BCUT2D eigenvalue weighted by Crippen LogP contribution is -2.40. The van der Waals surface area contributed by atoms with Gasteiger partial charge in [-0.25, -0.2) is 14.3 Å². The van der Waals surface area contributed by atoms with Gasteiger partial charge in [0.2, 0.25) is 0 Å². The van der Waals surface area contributed by atoms with Gasteiger partial charge in [0.15, 0.2) is 5.60 Å². The van der Waals surface area contributed by atoms with Crippen LogP contribution in [0.2, 0.25) is 0 Å². The topological polar surface area (TPSA) is 113 Å². The number of hydrogen-bond acceptors (Lipinski definition) is 6. The van der Waals surface area contributed by atoms with Crippen LogP contribution in [0.3, 0.4) is 0 Å². The fourth-order valence-corrected chi connectivity index (χ4v) is 2.84. The van der Waals surface area contributed by atoms with Gasteiger partial charge in [0.1, 0.15) is 12.4 Å². The van der Waals surface area contributed by atoms with Crippen LogP contribution in [0.4, 0.5) is 0 Å². The van der Waals surface area contributed by atoms with Gasteiger partial charge in [-0.1, -0.05) is 44.7 Å². The predicted molar refractivity (Wildman–Crippen MR) is 116 cm³/mol. The van der Waals surface area contributed by atoms with Crippen LogP contribution >= 0.6 is 0 Å². The minimum Gasteiger partial charge on any atom is -0.478 e. The van der Waals surface area contributed by atoms with Crippen LogP contribution in [-0.2, 0) is 25.0 Å². The van der Waals surface area contributed by atoms with Gasteiger partial charge in [-0.3, -0.25) is 9.36 Å². The van der Waals surface area contributed by atoms with Crippen molar-refractivity contribution in [2.45, 2.75) is 71.6 Å². The molecule has 31 heavy (non-hydrogen) atoms. The Labute approximate surface area is 181 Å².